The number of terminal acetylenes is 1. The Labute approximate surface area is 84.3 Å². The third kappa shape index (κ3) is 3.02. The quantitative estimate of drug-likeness (QED) is 0.578. The van der Waals surface area contributed by atoms with Crippen LogP contribution >= 0.6 is 0 Å². The summed E-state index contributed by atoms with van der Waals surface area (Å²) < 4.78 is 0. The fraction of sp³-hybridized carbons (Fsp3) is 0.700. The molecule has 4 nitrogen and oxygen atoms in total. The summed E-state index contributed by atoms with van der Waals surface area (Å²) in [6.45, 7) is 1.63. The molecule has 1 amide bonds. The van der Waals surface area contributed by atoms with E-state index >= 15 is 0 Å². The highest BCUT2D eigenvalue weighted by molar-refractivity contribution is 5.78. The van der Waals surface area contributed by atoms with Gasteiger partial charge in [0.2, 0.25) is 5.91 Å². The van der Waals surface area contributed by atoms with Gasteiger partial charge >= 0.3 is 0 Å². The first-order chi connectivity index (χ1) is 6.77. The van der Waals surface area contributed by atoms with Crippen molar-refractivity contribution in [2.45, 2.75) is 18.9 Å². The number of likely N-dealkylation sites (tertiary alicyclic amines) is 1. The van der Waals surface area contributed by atoms with Crippen molar-refractivity contribution in [2.75, 3.05) is 26.2 Å². The number of hydrogen-bond donors (Lipinski definition) is 2. The highest BCUT2D eigenvalue weighted by Gasteiger charge is 2.24. The minimum absolute atomic E-state index is 0.0664. The molecule has 0 aromatic carbocycles. The first kappa shape index (κ1) is 11.0. The molecule has 14 heavy (non-hydrogen) atoms. The van der Waals surface area contributed by atoms with Crippen LogP contribution in [-0.2, 0) is 4.79 Å². The van der Waals surface area contributed by atoms with Gasteiger partial charge in [-0.2, -0.15) is 0 Å². The third-order valence-electron chi connectivity index (χ3n) is 2.44. The van der Waals surface area contributed by atoms with Crippen molar-refractivity contribution in [1.29, 1.82) is 0 Å². The molecule has 0 saturated carbocycles. The second kappa shape index (κ2) is 5.63. The van der Waals surface area contributed by atoms with Gasteiger partial charge < -0.3 is 10.4 Å². The third-order valence-corrected chi connectivity index (χ3v) is 2.44. The van der Waals surface area contributed by atoms with Gasteiger partial charge in [-0.25, -0.2) is 0 Å². The zero-order valence-corrected chi connectivity index (χ0v) is 8.20. The topological polar surface area (TPSA) is 52.6 Å². The Balaban J connectivity index is 2.29. The second-order valence-electron chi connectivity index (χ2n) is 3.43. The highest BCUT2D eigenvalue weighted by Crippen LogP contribution is 2.15. The number of amides is 1. The lowest BCUT2D eigenvalue weighted by atomic mass is 10.2. The molecule has 1 aliphatic heterocycles. The van der Waals surface area contributed by atoms with Gasteiger partial charge in [0.1, 0.15) is 0 Å². The SMILES string of the molecule is C#CCNC(=O)CN1CCC[C@@H]1CO. The summed E-state index contributed by atoms with van der Waals surface area (Å²) in [6.07, 6.45) is 7.04. The predicted octanol–water partition coefficient (Wildman–Crippen LogP) is -0.807. The van der Waals surface area contributed by atoms with E-state index in [2.05, 4.69) is 11.2 Å². The molecule has 0 unspecified atom stereocenters. The number of aliphatic hydroxyl groups is 1. The molecule has 2 N–H and O–H groups in total. The van der Waals surface area contributed by atoms with E-state index in [-0.39, 0.29) is 25.1 Å². The largest absolute Gasteiger partial charge is 0.395 e. The minimum atomic E-state index is -0.0664. The van der Waals surface area contributed by atoms with E-state index in [1.807, 2.05) is 4.90 Å². The van der Waals surface area contributed by atoms with Gasteiger partial charge in [-0.05, 0) is 19.4 Å². The van der Waals surface area contributed by atoms with Crippen molar-refractivity contribution >= 4 is 5.91 Å². The van der Waals surface area contributed by atoms with Crippen molar-refractivity contribution < 1.29 is 9.90 Å². The average Bonchev–Trinajstić information content (AvgIpc) is 2.62. The molecule has 1 saturated heterocycles. The number of rotatable bonds is 4. The van der Waals surface area contributed by atoms with Crippen LogP contribution < -0.4 is 5.32 Å². The van der Waals surface area contributed by atoms with E-state index in [1.54, 1.807) is 0 Å². The lowest BCUT2D eigenvalue weighted by Gasteiger charge is -2.21. The number of aliphatic hydroxyl groups excluding tert-OH is 1. The summed E-state index contributed by atoms with van der Waals surface area (Å²) in [5.74, 6) is 2.28. The molecule has 1 aliphatic rings. The molecule has 0 aromatic rings. The van der Waals surface area contributed by atoms with Gasteiger partial charge in [0, 0.05) is 6.04 Å². The van der Waals surface area contributed by atoms with Crippen LogP contribution in [0.4, 0.5) is 0 Å². The molecule has 0 aliphatic carbocycles. The number of nitrogens with one attached hydrogen (secondary N) is 1. The van der Waals surface area contributed by atoms with E-state index in [1.165, 1.54) is 0 Å². The van der Waals surface area contributed by atoms with E-state index in [9.17, 15) is 4.79 Å². The molecule has 0 bridgehead atoms. The molecule has 4 heteroatoms. The monoisotopic (exact) mass is 196 g/mol. The van der Waals surface area contributed by atoms with E-state index < -0.39 is 0 Å². The first-order valence-corrected chi connectivity index (χ1v) is 4.83. The highest BCUT2D eigenvalue weighted by atomic mass is 16.3. The molecule has 1 rings (SSSR count). The zero-order chi connectivity index (χ0) is 10.4. The Morgan fingerprint density at radius 1 is 1.71 bits per heavy atom. The van der Waals surface area contributed by atoms with Crippen LogP contribution in [0.3, 0.4) is 0 Å². The van der Waals surface area contributed by atoms with Gasteiger partial charge in [-0.15, -0.1) is 6.42 Å². The summed E-state index contributed by atoms with van der Waals surface area (Å²) >= 11 is 0. The standard InChI is InChI=1S/C10H16N2O2/c1-2-5-11-10(14)7-12-6-3-4-9(12)8-13/h1,9,13H,3-8H2,(H,11,14)/t9-/m1/s1. The molecular weight excluding hydrogens is 180 g/mol. The van der Waals surface area contributed by atoms with E-state index in [4.69, 9.17) is 11.5 Å². The second-order valence-corrected chi connectivity index (χ2v) is 3.43. The molecule has 0 aromatic heterocycles. The number of nitrogens with zero attached hydrogens (tertiary/aromatic N) is 1. The molecular formula is C10H16N2O2. The Kier molecular flexibility index (Phi) is 4.44. The van der Waals surface area contributed by atoms with Crippen molar-refractivity contribution in [3.8, 4) is 12.3 Å². The van der Waals surface area contributed by atoms with Crippen LogP contribution in [0, 0.1) is 12.3 Å². The van der Waals surface area contributed by atoms with Gasteiger partial charge in [0.05, 0.1) is 19.7 Å². The zero-order valence-electron chi connectivity index (χ0n) is 8.20. The number of carbonyl (C=O) groups is 1. The smallest absolute Gasteiger partial charge is 0.234 e. The Morgan fingerprint density at radius 2 is 2.50 bits per heavy atom. The lowest BCUT2D eigenvalue weighted by molar-refractivity contribution is -0.122. The molecule has 0 radical (unpaired) electrons. The molecule has 0 spiro atoms. The fourth-order valence-corrected chi connectivity index (χ4v) is 1.70. The van der Waals surface area contributed by atoms with Crippen molar-refractivity contribution in [2.24, 2.45) is 0 Å². The van der Waals surface area contributed by atoms with Crippen LogP contribution in [0.15, 0.2) is 0 Å². The summed E-state index contributed by atoms with van der Waals surface area (Å²) in [4.78, 5) is 13.3. The Morgan fingerprint density at radius 3 is 3.14 bits per heavy atom. The number of hydrogen-bond acceptors (Lipinski definition) is 3. The molecule has 1 fully saturated rings. The van der Waals surface area contributed by atoms with Crippen molar-refractivity contribution in [3.63, 3.8) is 0 Å². The summed E-state index contributed by atoms with van der Waals surface area (Å²) in [5, 5.41) is 11.6. The van der Waals surface area contributed by atoms with Crippen LogP contribution in [0.2, 0.25) is 0 Å². The molecule has 1 atom stereocenters. The number of carbonyl (C=O) groups excluding carboxylic acids is 1. The Bertz CT molecular complexity index is 235. The van der Waals surface area contributed by atoms with Gasteiger partial charge in [-0.3, -0.25) is 9.69 Å². The fourth-order valence-electron chi connectivity index (χ4n) is 1.70. The van der Waals surface area contributed by atoms with E-state index in [0.29, 0.717) is 6.54 Å². The maximum absolute atomic E-state index is 11.3. The van der Waals surface area contributed by atoms with Crippen molar-refractivity contribution in [1.82, 2.24) is 10.2 Å². The average molecular weight is 196 g/mol. The summed E-state index contributed by atoms with van der Waals surface area (Å²) in [5.41, 5.74) is 0. The van der Waals surface area contributed by atoms with E-state index in [0.717, 1.165) is 19.4 Å². The van der Waals surface area contributed by atoms with Gasteiger partial charge in [0.15, 0.2) is 0 Å². The maximum atomic E-state index is 11.3. The first-order valence-electron chi connectivity index (χ1n) is 4.83. The van der Waals surface area contributed by atoms with Gasteiger partial charge in [-0.1, -0.05) is 5.92 Å². The van der Waals surface area contributed by atoms with Crippen LogP contribution in [-0.4, -0.2) is 48.2 Å². The van der Waals surface area contributed by atoms with Gasteiger partial charge in [0.25, 0.3) is 0 Å². The molecule has 1 heterocycles. The Hall–Kier alpha value is -1.05. The lowest BCUT2D eigenvalue weighted by Crippen LogP contribution is -2.41. The maximum Gasteiger partial charge on any atom is 0.234 e. The molecule has 78 valence electrons. The minimum Gasteiger partial charge on any atom is -0.395 e. The normalized spacial score (nSPS) is 21.9. The van der Waals surface area contributed by atoms with Crippen LogP contribution in [0.25, 0.3) is 0 Å². The van der Waals surface area contributed by atoms with Crippen molar-refractivity contribution in [3.05, 3.63) is 0 Å². The van der Waals surface area contributed by atoms with Crippen LogP contribution in [0.1, 0.15) is 12.8 Å². The predicted molar refractivity (Wildman–Crippen MR) is 53.5 cm³/mol. The van der Waals surface area contributed by atoms with Crippen LogP contribution in [0.5, 0.6) is 0 Å². The summed E-state index contributed by atoms with van der Waals surface area (Å²) in [7, 11) is 0. The summed E-state index contributed by atoms with van der Waals surface area (Å²) in [6, 6.07) is 0.145.